The Labute approximate surface area is 178 Å². The van der Waals surface area contributed by atoms with E-state index in [-0.39, 0.29) is 36.3 Å². The van der Waals surface area contributed by atoms with Crippen molar-refractivity contribution in [3.63, 3.8) is 0 Å². The fourth-order valence-corrected chi connectivity index (χ4v) is 4.49. The highest BCUT2D eigenvalue weighted by molar-refractivity contribution is 5.84. The lowest BCUT2D eigenvalue weighted by Crippen LogP contribution is -2.39. The van der Waals surface area contributed by atoms with Crippen LogP contribution in [0.2, 0.25) is 0 Å². The first-order chi connectivity index (χ1) is 14.5. The summed E-state index contributed by atoms with van der Waals surface area (Å²) in [6, 6.07) is 7.07. The van der Waals surface area contributed by atoms with Crippen LogP contribution in [0.3, 0.4) is 0 Å². The molecule has 3 N–H and O–H groups in total. The van der Waals surface area contributed by atoms with Crippen LogP contribution in [0, 0.1) is 11.7 Å². The second-order valence-electron chi connectivity index (χ2n) is 8.77. The molecule has 1 saturated heterocycles. The van der Waals surface area contributed by atoms with Gasteiger partial charge >= 0.3 is 0 Å². The number of carbonyl (C=O) groups is 2. The summed E-state index contributed by atoms with van der Waals surface area (Å²) in [6.45, 7) is 0.729. The second-order valence-corrected chi connectivity index (χ2v) is 8.77. The van der Waals surface area contributed by atoms with E-state index < -0.39 is 0 Å². The standard InChI is InChI=1S/C23H35FN4O2/c1-28(23(30)16-25-22(29)13-17-7-3-2-4-8-17)12-6-11-20-15-21(27-26-20)18-9-5-10-19(24)14-18/h5,9-10,14,17,20-21,26-27H,2-4,6-8,11-13,15-16H2,1H3,(H,25,29). The SMILES string of the molecule is CN(CCCC1CC(c2cccc(F)c2)NN1)C(=O)CNC(=O)CC1CCCCC1. The molecular weight excluding hydrogens is 383 g/mol. The predicted octanol–water partition coefficient (Wildman–Crippen LogP) is 3.06. The molecule has 7 heteroatoms. The van der Waals surface area contributed by atoms with Gasteiger partial charge in [-0.15, -0.1) is 0 Å². The summed E-state index contributed by atoms with van der Waals surface area (Å²) in [6.07, 6.45) is 9.19. The normalized spacial score (nSPS) is 22.1. The van der Waals surface area contributed by atoms with E-state index in [1.54, 1.807) is 24.1 Å². The van der Waals surface area contributed by atoms with E-state index in [1.807, 2.05) is 6.07 Å². The minimum absolute atomic E-state index is 0.00623. The lowest BCUT2D eigenvalue weighted by atomic mass is 9.87. The fourth-order valence-electron chi connectivity index (χ4n) is 4.49. The zero-order valence-electron chi connectivity index (χ0n) is 18.0. The third-order valence-corrected chi connectivity index (χ3v) is 6.34. The minimum Gasteiger partial charge on any atom is -0.347 e. The average molecular weight is 419 g/mol. The zero-order valence-corrected chi connectivity index (χ0v) is 18.0. The number of amides is 2. The highest BCUT2D eigenvalue weighted by Gasteiger charge is 2.25. The van der Waals surface area contributed by atoms with Gasteiger partial charge < -0.3 is 10.2 Å². The summed E-state index contributed by atoms with van der Waals surface area (Å²) < 4.78 is 13.4. The molecule has 2 unspecified atom stereocenters. The van der Waals surface area contributed by atoms with Gasteiger partial charge in [0.2, 0.25) is 11.8 Å². The van der Waals surface area contributed by atoms with Crippen molar-refractivity contribution in [3.05, 3.63) is 35.6 Å². The number of hydrogen-bond acceptors (Lipinski definition) is 4. The van der Waals surface area contributed by atoms with Crippen LogP contribution in [0.4, 0.5) is 4.39 Å². The van der Waals surface area contributed by atoms with Crippen LogP contribution in [0.1, 0.15) is 69.4 Å². The highest BCUT2D eigenvalue weighted by atomic mass is 19.1. The van der Waals surface area contributed by atoms with Gasteiger partial charge in [-0.25, -0.2) is 4.39 Å². The Morgan fingerprint density at radius 2 is 2.00 bits per heavy atom. The van der Waals surface area contributed by atoms with E-state index in [9.17, 15) is 14.0 Å². The highest BCUT2D eigenvalue weighted by Crippen LogP contribution is 2.26. The molecule has 1 aromatic carbocycles. The van der Waals surface area contributed by atoms with Gasteiger partial charge in [0, 0.05) is 32.1 Å². The number of carbonyl (C=O) groups excluding carboxylic acids is 2. The third-order valence-electron chi connectivity index (χ3n) is 6.34. The summed E-state index contributed by atoms with van der Waals surface area (Å²) in [5.74, 6) is 0.203. The van der Waals surface area contributed by atoms with Crippen LogP contribution in [-0.2, 0) is 9.59 Å². The summed E-state index contributed by atoms with van der Waals surface area (Å²) >= 11 is 0. The molecule has 1 heterocycles. The Kier molecular flexibility index (Phi) is 8.63. The number of benzene rings is 1. The van der Waals surface area contributed by atoms with Gasteiger partial charge in [-0.05, 0) is 55.7 Å². The van der Waals surface area contributed by atoms with E-state index >= 15 is 0 Å². The first kappa shape index (κ1) is 22.7. The van der Waals surface area contributed by atoms with E-state index in [0.717, 1.165) is 37.7 Å². The van der Waals surface area contributed by atoms with Gasteiger partial charge in [0.05, 0.1) is 6.54 Å². The van der Waals surface area contributed by atoms with Gasteiger partial charge in [-0.2, -0.15) is 0 Å². The van der Waals surface area contributed by atoms with E-state index in [2.05, 4.69) is 16.2 Å². The fraction of sp³-hybridized carbons (Fsp3) is 0.652. The lowest BCUT2D eigenvalue weighted by molar-refractivity contribution is -0.132. The minimum atomic E-state index is -0.219. The van der Waals surface area contributed by atoms with Crippen LogP contribution in [0.15, 0.2) is 24.3 Å². The number of halogens is 1. The smallest absolute Gasteiger partial charge is 0.241 e. The van der Waals surface area contributed by atoms with Gasteiger partial charge in [-0.3, -0.25) is 20.4 Å². The molecule has 30 heavy (non-hydrogen) atoms. The Balaban J connectivity index is 1.29. The molecule has 0 bridgehead atoms. The number of nitrogens with zero attached hydrogens (tertiary/aromatic N) is 1. The summed E-state index contributed by atoms with van der Waals surface area (Å²) in [4.78, 5) is 26.0. The van der Waals surface area contributed by atoms with E-state index in [1.165, 1.54) is 25.3 Å². The summed E-state index contributed by atoms with van der Waals surface area (Å²) in [5, 5.41) is 2.79. The largest absolute Gasteiger partial charge is 0.347 e. The first-order valence-corrected chi connectivity index (χ1v) is 11.3. The van der Waals surface area contributed by atoms with Crippen LogP contribution in [0.25, 0.3) is 0 Å². The molecule has 0 spiro atoms. The number of likely N-dealkylation sites (N-methyl/N-ethyl adjacent to an activating group) is 1. The molecule has 0 aromatic heterocycles. The van der Waals surface area contributed by atoms with Crippen molar-refractivity contribution in [3.8, 4) is 0 Å². The Hall–Kier alpha value is -1.99. The molecule has 2 aliphatic rings. The molecule has 166 valence electrons. The van der Waals surface area contributed by atoms with Gasteiger partial charge in [0.15, 0.2) is 0 Å². The molecule has 1 aliphatic carbocycles. The average Bonchev–Trinajstić information content (AvgIpc) is 3.21. The lowest BCUT2D eigenvalue weighted by Gasteiger charge is -2.21. The van der Waals surface area contributed by atoms with Gasteiger partial charge in [-0.1, -0.05) is 31.4 Å². The Morgan fingerprint density at radius 1 is 1.20 bits per heavy atom. The molecule has 6 nitrogen and oxygen atoms in total. The van der Waals surface area contributed by atoms with Crippen LogP contribution in [0.5, 0.6) is 0 Å². The van der Waals surface area contributed by atoms with Crippen molar-refractivity contribution < 1.29 is 14.0 Å². The molecule has 2 amide bonds. The molecule has 3 rings (SSSR count). The number of rotatable bonds is 9. The van der Waals surface area contributed by atoms with E-state index in [4.69, 9.17) is 0 Å². The maximum absolute atomic E-state index is 13.4. The monoisotopic (exact) mass is 418 g/mol. The topological polar surface area (TPSA) is 73.5 Å². The van der Waals surface area contributed by atoms with Gasteiger partial charge in [0.1, 0.15) is 5.82 Å². The molecule has 2 atom stereocenters. The van der Waals surface area contributed by atoms with Crippen molar-refractivity contribution in [2.75, 3.05) is 20.1 Å². The number of nitrogens with one attached hydrogen (secondary N) is 3. The van der Waals surface area contributed by atoms with Gasteiger partial charge in [0.25, 0.3) is 0 Å². The third kappa shape index (κ3) is 7.06. The molecule has 1 aliphatic heterocycles. The molecule has 0 radical (unpaired) electrons. The van der Waals surface area contributed by atoms with Crippen LogP contribution >= 0.6 is 0 Å². The Bertz CT molecular complexity index is 708. The first-order valence-electron chi connectivity index (χ1n) is 11.3. The van der Waals surface area contributed by atoms with Crippen molar-refractivity contribution in [1.29, 1.82) is 0 Å². The molecule has 1 aromatic rings. The quantitative estimate of drug-likeness (QED) is 0.576. The number of hydrazine groups is 1. The molecule has 2 fully saturated rings. The summed E-state index contributed by atoms with van der Waals surface area (Å²) in [7, 11) is 1.78. The predicted molar refractivity (Wildman–Crippen MR) is 115 cm³/mol. The number of hydrogen-bond donors (Lipinski definition) is 3. The maximum atomic E-state index is 13.4. The van der Waals surface area contributed by atoms with Crippen molar-refractivity contribution in [2.45, 2.75) is 69.9 Å². The van der Waals surface area contributed by atoms with Crippen molar-refractivity contribution in [1.82, 2.24) is 21.1 Å². The molecule has 1 saturated carbocycles. The second kappa shape index (κ2) is 11.4. The van der Waals surface area contributed by atoms with Crippen molar-refractivity contribution in [2.24, 2.45) is 5.92 Å². The molecular formula is C23H35FN4O2. The van der Waals surface area contributed by atoms with Crippen LogP contribution in [-0.4, -0.2) is 42.9 Å². The maximum Gasteiger partial charge on any atom is 0.241 e. The zero-order chi connectivity index (χ0) is 21.3. The van der Waals surface area contributed by atoms with Crippen LogP contribution < -0.4 is 16.2 Å². The van der Waals surface area contributed by atoms with E-state index in [0.29, 0.717) is 18.9 Å². The Morgan fingerprint density at radius 3 is 2.77 bits per heavy atom. The summed E-state index contributed by atoms with van der Waals surface area (Å²) in [5.41, 5.74) is 7.45. The van der Waals surface area contributed by atoms with Crippen molar-refractivity contribution >= 4 is 11.8 Å².